The van der Waals surface area contributed by atoms with Crippen molar-refractivity contribution in [3.8, 4) is 67.5 Å². The molecule has 0 aliphatic rings. The lowest BCUT2D eigenvalue weighted by atomic mass is 9.97. The molecule has 10 aromatic carbocycles. The second-order valence-corrected chi connectivity index (χ2v) is 17.2. The maximum atomic E-state index is 6.71. The van der Waals surface area contributed by atoms with Crippen LogP contribution in [-0.4, -0.2) is 15.0 Å². The van der Waals surface area contributed by atoms with Crippen molar-refractivity contribution in [2.45, 2.75) is 0 Å². The number of nitrogens with zero attached hydrogens (tertiary/aromatic N) is 4. The lowest BCUT2D eigenvalue weighted by Crippen LogP contribution is -2.09. The van der Waals surface area contributed by atoms with Gasteiger partial charge in [-0.3, -0.25) is 0 Å². The lowest BCUT2D eigenvalue weighted by Gasteiger charge is -2.26. The van der Waals surface area contributed by atoms with Gasteiger partial charge in [-0.2, -0.15) is 0 Å². The smallest absolute Gasteiger partial charge is 0.164 e. The van der Waals surface area contributed by atoms with Crippen molar-refractivity contribution in [3.63, 3.8) is 0 Å². The normalized spacial score (nSPS) is 11.5. The van der Waals surface area contributed by atoms with Crippen LogP contribution < -0.4 is 4.90 Å². The van der Waals surface area contributed by atoms with Gasteiger partial charge in [0.1, 0.15) is 22.3 Å². The first-order valence-corrected chi connectivity index (χ1v) is 23.1. The van der Waals surface area contributed by atoms with Crippen LogP contribution in [0.5, 0.6) is 0 Å². The molecule has 0 amide bonds. The van der Waals surface area contributed by atoms with Gasteiger partial charge in [-0.1, -0.05) is 176 Å². The fourth-order valence-electron chi connectivity index (χ4n) is 9.62. The van der Waals surface area contributed by atoms with Crippen LogP contribution in [0.25, 0.3) is 111 Å². The van der Waals surface area contributed by atoms with Crippen LogP contribution in [0, 0.1) is 0 Å². The van der Waals surface area contributed by atoms with Gasteiger partial charge >= 0.3 is 0 Å². The summed E-state index contributed by atoms with van der Waals surface area (Å²) in [6, 6.07) is 84.1. The minimum atomic E-state index is 0.582. The lowest BCUT2D eigenvalue weighted by molar-refractivity contribution is 0.668. The van der Waals surface area contributed by atoms with E-state index in [2.05, 4.69) is 175 Å². The number of aromatic nitrogens is 3. The molecule has 6 nitrogen and oxygen atoms in total. The molecule has 13 rings (SSSR count). The standard InChI is InChI=1S/C63H40N4O2/c1-5-15-41(16-6-1)43-27-32-48(33-28-43)67(49-34-29-44(30-35-49)42-17-7-2-8-18-42)50-36-38-55-54(40-50)59-51(23-13-25-56(59)68-55)47-31-37-52-58(39-47)69-57-26-14-24-53(60(52)57)63-65-61(45-19-9-3-10-20-45)64-62(66-63)46-21-11-4-12-22-46/h1-40H. The third-order valence-corrected chi connectivity index (χ3v) is 13.0. The molecule has 324 valence electrons. The maximum absolute atomic E-state index is 6.71. The minimum absolute atomic E-state index is 0.582. The zero-order valence-corrected chi connectivity index (χ0v) is 37.2. The first kappa shape index (κ1) is 39.9. The fourth-order valence-corrected chi connectivity index (χ4v) is 9.62. The molecule has 0 aliphatic carbocycles. The van der Waals surface area contributed by atoms with E-state index in [-0.39, 0.29) is 0 Å². The Bertz CT molecular complexity index is 3840. The summed E-state index contributed by atoms with van der Waals surface area (Å²) in [7, 11) is 0. The highest BCUT2D eigenvalue weighted by atomic mass is 16.3. The molecule has 0 radical (unpaired) electrons. The summed E-state index contributed by atoms with van der Waals surface area (Å²) in [5.41, 5.74) is 15.7. The summed E-state index contributed by atoms with van der Waals surface area (Å²) in [5, 5.41) is 3.99. The maximum Gasteiger partial charge on any atom is 0.164 e. The Kier molecular flexibility index (Phi) is 9.72. The molecular formula is C63H40N4O2. The molecule has 0 fully saturated rings. The number of hydrogen-bond donors (Lipinski definition) is 0. The van der Waals surface area contributed by atoms with E-state index in [4.69, 9.17) is 23.8 Å². The van der Waals surface area contributed by atoms with Gasteiger partial charge in [0.15, 0.2) is 17.5 Å². The summed E-state index contributed by atoms with van der Waals surface area (Å²) in [4.78, 5) is 17.4. The summed E-state index contributed by atoms with van der Waals surface area (Å²) in [6.07, 6.45) is 0. The third kappa shape index (κ3) is 7.28. The molecule has 6 heteroatoms. The molecule has 0 atom stereocenters. The molecule has 0 spiro atoms. The van der Waals surface area contributed by atoms with Gasteiger partial charge in [-0.15, -0.1) is 0 Å². The van der Waals surface area contributed by atoms with Crippen molar-refractivity contribution in [1.82, 2.24) is 15.0 Å². The van der Waals surface area contributed by atoms with E-state index in [1.807, 2.05) is 72.8 Å². The molecule has 3 aromatic heterocycles. The first-order valence-electron chi connectivity index (χ1n) is 23.1. The van der Waals surface area contributed by atoms with Gasteiger partial charge in [0.2, 0.25) is 0 Å². The number of hydrogen-bond acceptors (Lipinski definition) is 6. The number of rotatable bonds is 9. The molecule has 0 saturated carbocycles. The highest BCUT2D eigenvalue weighted by Gasteiger charge is 2.21. The van der Waals surface area contributed by atoms with Crippen molar-refractivity contribution >= 4 is 60.9 Å². The molecule has 13 aromatic rings. The highest BCUT2D eigenvalue weighted by Crippen LogP contribution is 2.44. The van der Waals surface area contributed by atoms with E-state index >= 15 is 0 Å². The van der Waals surface area contributed by atoms with Crippen LogP contribution in [0.3, 0.4) is 0 Å². The summed E-state index contributed by atoms with van der Waals surface area (Å²) >= 11 is 0. The third-order valence-electron chi connectivity index (χ3n) is 13.0. The Morgan fingerprint density at radius 3 is 1.25 bits per heavy atom. The monoisotopic (exact) mass is 884 g/mol. The van der Waals surface area contributed by atoms with Crippen LogP contribution in [0.4, 0.5) is 17.1 Å². The van der Waals surface area contributed by atoms with Crippen molar-refractivity contribution in [2.24, 2.45) is 0 Å². The second kappa shape index (κ2) is 16.8. The quantitative estimate of drug-likeness (QED) is 0.144. The number of furan rings is 2. The van der Waals surface area contributed by atoms with Gasteiger partial charge in [0.05, 0.1) is 0 Å². The zero-order chi connectivity index (χ0) is 45.7. The Morgan fingerprint density at radius 2 is 0.696 bits per heavy atom. The van der Waals surface area contributed by atoms with Crippen molar-refractivity contribution in [1.29, 1.82) is 0 Å². The van der Waals surface area contributed by atoms with Gasteiger partial charge < -0.3 is 13.7 Å². The van der Waals surface area contributed by atoms with E-state index in [1.54, 1.807) is 0 Å². The van der Waals surface area contributed by atoms with Crippen LogP contribution >= 0.6 is 0 Å². The predicted molar refractivity (Wildman–Crippen MR) is 282 cm³/mol. The molecule has 3 heterocycles. The largest absolute Gasteiger partial charge is 0.456 e. The Hall–Kier alpha value is -9.39. The van der Waals surface area contributed by atoms with E-state index in [9.17, 15) is 0 Å². The van der Waals surface area contributed by atoms with Gasteiger partial charge in [0, 0.05) is 55.3 Å². The summed E-state index contributed by atoms with van der Waals surface area (Å²) < 4.78 is 13.3. The summed E-state index contributed by atoms with van der Waals surface area (Å²) in [6.45, 7) is 0. The van der Waals surface area contributed by atoms with E-state index in [0.29, 0.717) is 17.5 Å². The zero-order valence-electron chi connectivity index (χ0n) is 37.2. The van der Waals surface area contributed by atoms with E-state index in [1.165, 1.54) is 11.1 Å². The molecule has 69 heavy (non-hydrogen) atoms. The van der Waals surface area contributed by atoms with E-state index < -0.39 is 0 Å². The van der Waals surface area contributed by atoms with Crippen LogP contribution in [0.15, 0.2) is 251 Å². The van der Waals surface area contributed by atoms with Crippen molar-refractivity contribution in [2.75, 3.05) is 4.90 Å². The first-order chi connectivity index (χ1) is 34.2. The van der Waals surface area contributed by atoms with Crippen LogP contribution in [0.1, 0.15) is 0 Å². The average Bonchev–Trinajstić information content (AvgIpc) is 4.00. The van der Waals surface area contributed by atoms with Crippen molar-refractivity contribution in [3.05, 3.63) is 243 Å². The van der Waals surface area contributed by atoms with Crippen molar-refractivity contribution < 1.29 is 8.83 Å². The number of benzene rings is 10. The summed E-state index contributed by atoms with van der Waals surface area (Å²) in [5.74, 6) is 1.80. The Balaban J connectivity index is 0.926. The molecule has 0 N–H and O–H groups in total. The molecule has 0 bridgehead atoms. The average molecular weight is 885 g/mol. The second-order valence-electron chi connectivity index (χ2n) is 17.2. The highest BCUT2D eigenvalue weighted by molar-refractivity contribution is 6.16. The van der Waals surface area contributed by atoms with Crippen LogP contribution in [-0.2, 0) is 0 Å². The van der Waals surface area contributed by atoms with E-state index in [0.717, 1.165) is 99.9 Å². The number of anilines is 3. The molecular weight excluding hydrogens is 845 g/mol. The SMILES string of the molecule is c1ccc(-c2ccc(N(c3ccc(-c4ccccc4)cc3)c3ccc4oc5cccc(-c6ccc7c(c6)oc6cccc(-c8nc(-c9ccccc9)nc(-c9ccccc9)n8)c67)c5c4c3)cc2)cc1. The van der Waals surface area contributed by atoms with Crippen LogP contribution in [0.2, 0.25) is 0 Å². The fraction of sp³-hybridized carbons (Fsp3) is 0. The minimum Gasteiger partial charge on any atom is -0.456 e. The number of fused-ring (bicyclic) bond motifs is 6. The Labute approximate surface area is 398 Å². The van der Waals surface area contributed by atoms with Gasteiger partial charge in [-0.25, -0.2) is 15.0 Å². The molecule has 0 aliphatic heterocycles. The van der Waals surface area contributed by atoms with Gasteiger partial charge in [0.25, 0.3) is 0 Å². The topological polar surface area (TPSA) is 68.2 Å². The predicted octanol–water partition coefficient (Wildman–Crippen LogP) is 17.1. The molecule has 0 saturated heterocycles. The molecule has 0 unspecified atom stereocenters. The Morgan fingerprint density at radius 1 is 0.261 bits per heavy atom. The van der Waals surface area contributed by atoms with Gasteiger partial charge in [-0.05, 0) is 100 Å².